The average Bonchev–Trinajstić information content (AvgIpc) is 2.99. The molecule has 0 aromatic heterocycles. The van der Waals surface area contributed by atoms with E-state index < -0.39 is 5.54 Å². The largest absolute Gasteiger partial charge is 0.468 e. The Kier molecular flexibility index (Phi) is 4.28. The molecule has 0 spiro atoms. The van der Waals surface area contributed by atoms with E-state index in [0.717, 1.165) is 31.3 Å². The first kappa shape index (κ1) is 13.8. The molecule has 2 aliphatic rings. The van der Waals surface area contributed by atoms with Gasteiger partial charge in [-0.3, -0.25) is 4.79 Å². The van der Waals surface area contributed by atoms with Crippen molar-refractivity contribution in [3.63, 3.8) is 0 Å². The van der Waals surface area contributed by atoms with E-state index in [0.29, 0.717) is 0 Å². The van der Waals surface area contributed by atoms with Gasteiger partial charge in [-0.1, -0.05) is 0 Å². The molecule has 0 amide bonds. The maximum Gasteiger partial charge on any atom is 0.325 e. The predicted octanol–water partition coefficient (Wildman–Crippen LogP) is 1.40. The van der Waals surface area contributed by atoms with Crippen molar-refractivity contribution in [2.75, 3.05) is 27.2 Å². The Bertz CT molecular complexity index is 308. The molecule has 0 radical (unpaired) electrons. The number of nitrogens with one attached hydrogen (secondary N) is 1. The molecule has 3 atom stereocenters. The third-order valence-electron chi connectivity index (χ3n) is 4.83. The standard InChI is InChI=1S/C14H26N2O2/c1-14(15-2,13(17)18-3)7-4-8-16-10-11-5-6-12(16)9-11/h11-12,15H,4-10H2,1-3H3. The zero-order chi connectivity index (χ0) is 13.2. The third kappa shape index (κ3) is 2.69. The Hall–Kier alpha value is -0.610. The Morgan fingerprint density at radius 3 is 2.78 bits per heavy atom. The van der Waals surface area contributed by atoms with Crippen LogP contribution in [0.2, 0.25) is 0 Å². The molecule has 3 unspecified atom stereocenters. The van der Waals surface area contributed by atoms with Crippen LogP contribution in [0.4, 0.5) is 0 Å². The van der Waals surface area contributed by atoms with Crippen LogP contribution in [-0.2, 0) is 9.53 Å². The number of nitrogens with zero attached hydrogens (tertiary/aromatic N) is 1. The molecule has 104 valence electrons. The number of fused-ring (bicyclic) bond motifs is 2. The van der Waals surface area contributed by atoms with Crippen LogP contribution >= 0.6 is 0 Å². The van der Waals surface area contributed by atoms with E-state index in [1.54, 1.807) is 0 Å². The van der Waals surface area contributed by atoms with Crippen molar-refractivity contribution in [3.05, 3.63) is 0 Å². The predicted molar refractivity (Wildman–Crippen MR) is 71.4 cm³/mol. The zero-order valence-electron chi connectivity index (χ0n) is 11.9. The second-order valence-electron chi connectivity index (χ2n) is 6.01. The summed E-state index contributed by atoms with van der Waals surface area (Å²) in [6.45, 7) is 4.32. The van der Waals surface area contributed by atoms with Crippen LogP contribution in [0, 0.1) is 5.92 Å². The molecule has 2 bridgehead atoms. The molecular weight excluding hydrogens is 228 g/mol. The van der Waals surface area contributed by atoms with Gasteiger partial charge in [0, 0.05) is 12.6 Å². The lowest BCUT2D eigenvalue weighted by molar-refractivity contribution is -0.148. The monoisotopic (exact) mass is 254 g/mol. The molecule has 1 saturated heterocycles. The highest BCUT2D eigenvalue weighted by Crippen LogP contribution is 2.37. The zero-order valence-corrected chi connectivity index (χ0v) is 11.9. The molecular formula is C14H26N2O2. The lowest BCUT2D eigenvalue weighted by atomic mass is 9.95. The summed E-state index contributed by atoms with van der Waals surface area (Å²) in [5, 5.41) is 3.10. The first-order chi connectivity index (χ1) is 8.59. The molecule has 1 heterocycles. The fraction of sp³-hybridized carbons (Fsp3) is 0.929. The molecule has 0 aromatic carbocycles. The van der Waals surface area contributed by atoms with Gasteiger partial charge in [0.25, 0.3) is 0 Å². The molecule has 4 nitrogen and oxygen atoms in total. The molecule has 2 rings (SSSR count). The third-order valence-corrected chi connectivity index (χ3v) is 4.83. The van der Waals surface area contributed by atoms with Crippen LogP contribution in [-0.4, -0.2) is 49.7 Å². The number of methoxy groups -OCH3 is 1. The number of piperidine rings is 1. The fourth-order valence-electron chi connectivity index (χ4n) is 3.49. The Morgan fingerprint density at radius 1 is 1.50 bits per heavy atom. The highest BCUT2D eigenvalue weighted by atomic mass is 16.5. The summed E-state index contributed by atoms with van der Waals surface area (Å²) in [5.74, 6) is 0.791. The normalized spacial score (nSPS) is 30.4. The number of likely N-dealkylation sites (tertiary alicyclic amines) is 1. The highest BCUT2D eigenvalue weighted by molar-refractivity contribution is 5.80. The number of likely N-dealkylation sites (N-methyl/N-ethyl adjacent to an activating group) is 1. The van der Waals surface area contributed by atoms with E-state index in [1.165, 1.54) is 32.9 Å². The number of hydrogen-bond donors (Lipinski definition) is 1. The molecule has 1 saturated carbocycles. The van der Waals surface area contributed by atoms with E-state index in [-0.39, 0.29) is 5.97 Å². The van der Waals surface area contributed by atoms with Gasteiger partial charge in [-0.05, 0) is 58.5 Å². The summed E-state index contributed by atoms with van der Waals surface area (Å²) in [6, 6.07) is 0.828. The van der Waals surface area contributed by atoms with Crippen molar-refractivity contribution in [2.24, 2.45) is 5.92 Å². The van der Waals surface area contributed by atoms with Gasteiger partial charge < -0.3 is 15.0 Å². The topological polar surface area (TPSA) is 41.6 Å². The Morgan fingerprint density at radius 2 is 2.28 bits per heavy atom. The lowest BCUT2D eigenvalue weighted by Gasteiger charge is -2.30. The quantitative estimate of drug-likeness (QED) is 0.728. The minimum atomic E-state index is -0.534. The molecule has 1 aliphatic heterocycles. The molecule has 18 heavy (non-hydrogen) atoms. The van der Waals surface area contributed by atoms with Crippen LogP contribution < -0.4 is 5.32 Å². The van der Waals surface area contributed by atoms with Crippen LogP contribution in [0.1, 0.15) is 39.0 Å². The molecule has 0 aromatic rings. The highest BCUT2D eigenvalue weighted by Gasteiger charge is 2.38. The summed E-state index contributed by atoms with van der Waals surface area (Å²) in [7, 11) is 3.28. The van der Waals surface area contributed by atoms with E-state index >= 15 is 0 Å². The van der Waals surface area contributed by atoms with Crippen molar-refractivity contribution in [1.29, 1.82) is 0 Å². The maximum absolute atomic E-state index is 11.7. The van der Waals surface area contributed by atoms with Gasteiger partial charge in [-0.2, -0.15) is 0 Å². The first-order valence-corrected chi connectivity index (χ1v) is 7.10. The minimum Gasteiger partial charge on any atom is -0.468 e. The van der Waals surface area contributed by atoms with Crippen molar-refractivity contribution in [1.82, 2.24) is 10.2 Å². The second-order valence-corrected chi connectivity index (χ2v) is 6.01. The van der Waals surface area contributed by atoms with Crippen LogP contribution in [0.5, 0.6) is 0 Å². The van der Waals surface area contributed by atoms with Crippen molar-refractivity contribution < 1.29 is 9.53 Å². The van der Waals surface area contributed by atoms with Crippen molar-refractivity contribution in [3.8, 4) is 0 Å². The summed E-state index contributed by atoms with van der Waals surface area (Å²) in [4.78, 5) is 14.3. The summed E-state index contributed by atoms with van der Waals surface area (Å²) in [6.07, 6.45) is 6.10. The van der Waals surface area contributed by atoms with Gasteiger partial charge in [0.05, 0.1) is 7.11 Å². The van der Waals surface area contributed by atoms with E-state index in [9.17, 15) is 4.79 Å². The molecule has 1 N–H and O–H groups in total. The number of carbonyl (C=O) groups excluding carboxylic acids is 1. The SMILES string of the molecule is CNC(C)(CCCN1CC2CCC1C2)C(=O)OC. The second kappa shape index (κ2) is 5.57. The minimum absolute atomic E-state index is 0.159. The Labute approximate surface area is 110 Å². The van der Waals surface area contributed by atoms with Crippen molar-refractivity contribution in [2.45, 2.75) is 50.6 Å². The van der Waals surface area contributed by atoms with Gasteiger partial charge in [-0.15, -0.1) is 0 Å². The van der Waals surface area contributed by atoms with E-state index in [4.69, 9.17) is 4.74 Å². The lowest BCUT2D eigenvalue weighted by Crippen LogP contribution is -2.48. The molecule has 1 aliphatic carbocycles. The van der Waals surface area contributed by atoms with Gasteiger partial charge >= 0.3 is 5.97 Å². The van der Waals surface area contributed by atoms with E-state index in [1.807, 2.05) is 14.0 Å². The Balaban J connectivity index is 1.75. The van der Waals surface area contributed by atoms with E-state index in [2.05, 4.69) is 10.2 Å². The summed E-state index contributed by atoms with van der Waals surface area (Å²) >= 11 is 0. The molecule has 4 heteroatoms. The summed E-state index contributed by atoms with van der Waals surface area (Å²) < 4.78 is 4.86. The van der Waals surface area contributed by atoms with Crippen LogP contribution in [0.15, 0.2) is 0 Å². The smallest absolute Gasteiger partial charge is 0.325 e. The van der Waals surface area contributed by atoms with Gasteiger partial charge in [0.1, 0.15) is 5.54 Å². The number of hydrogen-bond acceptors (Lipinski definition) is 4. The first-order valence-electron chi connectivity index (χ1n) is 7.10. The van der Waals surface area contributed by atoms with Gasteiger partial charge in [0.2, 0.25) is 0 Å². The number of esters is 1. The fourth-order valence-corrected chi connectivity index (χ4v) is 3.49. The van der Waals surface area contributed by atoms with Crippen molar-refractivity contribution >= 4 is 5.97 Å². The maximum atomic E-state index is 11.7. The van der Waals surface area contributed by atoms with Crippen LogP contribution in [0.25, 0.3) is 0 Å². The van der Waals surface area contributed by atoms with Gasteiger partial charge in [0.15, 0.2) is 0 Å². The number of carbonyl (C=O) groups is 1. The number of ether oxygens (including phenoxy) is 1. The number of rotatable bonds is 6. The average molecular weight is 254 g/mol. The van der Waals surface area contributed by atoms with Crippen LogP contribution in [0.3, 0.4) is 0 Å². The molecule has 2 fully saturated rings. The summed E-state index contributed by atoms with van der Waals surface area (Å²) in [5.41, 5.74) is -0.534. The van der Waals surface area contributed by atoms with Gasteiger partial charge in [-0.25, -0.2) is 0 Å².